The maximum absolute atomic E-state index is 12.6. The summed E-state index contributed by atoms with van der Waals surface area (Å²) in [5.41, 5.74) is 4.50. The highest BCUT2D eigenvalue weighted by Gasteiger charge is 2.21. The minimum atomic E-state index is -0.101. The number of likely N-dealkylation sites (tertiary alicyclic amines) is 1. The van der Waals surface area contributed by atoms with E-state index < -0.39 is 0 Å². The number of rotatable bonds is 5. The molecule has 1 saturated heterocycles. The lowest BCUT2D eigenvalue weighted by atomic mass is 9.98. The monoisotopic (exact) mass is 379 g/mol. The lowest BCUT2D eigenvalue weighted by Crippen LogP contribution is -2.37. The molecular formula is C23H29N3O2. The quantitative estimate of drug-likeness (QED) is 0.817. The molecule has 1 aliphatic rings. The Bertz CT molecular complexity index is 837. The van der Waals surface area contributed by atoms with E-state index in [0.717, 1.165) is 48.4 Å². The second-order valence-electron chi connectivity index (χ2n) is 7.77. The van der Waals surface area contributed by atoms with Crippen LogP contribution in [0.25, 0.3) is 0 Å². The van der Waals surface area contributed by atoms with Crippen molar-refractivity contribution < 1.29 is 9.59 Å². The van der Waals surface area contributed by atoms with Gasteiger partial charge in [-0.2, -0.15) is 0 Å². The number of nitrogens with one attached hydrogen (secondary N) is 2. The molecule has 0 radical (unpaired) electrons. The molecule has 1 heterocycles. The highest BCUT2D eigenvalue weighted by Crippen LogP contribution is 2.19. The van der Waals surface area contributed by atoms with Crippen molar-refractivity contribution in [3.8, 4) is 0 Å². The van der Waals surface area contributed by atoms with Crippen molar-refractivity contribution in [1.82, 2.24) is 4.90 Å². The van der Waals surface area contributed by atoms with Crippen LogP contribution < -0.4 is 10.6 Å². The zero-order valence-electron chi connectivity index (χ0n) is 16.9. The number of piperidine rings is 1. The van der Waals surface area contributed by atoms with Crippen LogP contribution in [0.1, 0.15) is 41.3 Å². The molecule has 3 rings (SSSR count). The lowest BCUT2D eigenvalue weighted by Gasteiger charge is -2.30. The van der Waals surface area contributed by atoms with Crippen LogP contribution in [0.2, 0.25) is 0 Å². The number of carbonyl (C=O) groups is 2. The Morgan fingerprint density at radius 2 is 1.71 bits per heavy atom. The van der Waals surface area contributed by atoms with Crippen LogP contribution in [0.4, 0.5) is 11.4 Å². The van der Waals surface area contributed by atoms with Gasteiger partial charge in [0.25, 0.3) is 5.91 Å². The summed E-state index contributed by atoms with van der Waals surface area (Å²) < 4.78 is 0. The first-order chi connectivity index (χ1) is 13.4. The smallest absolute Gasteiger partial charge is 0.253 e. The van der Waals surface area contributed by atoms with E-state index in [0.29, 0.717) is 11.5 Å². The maximum atomic E-state index is 12.6. The Morgan fingerprint density at radius 3 is 2.39 bits per heavy atom. The molecule has 5 nitrogen and oxygen atoms in total. The molecular weight excluding hydrogens is 350 g/mol. The van der Waals surface area contributed by atoms with Gasteiger partial charge in [-0.15, -0.1) is 0 Å². The summed E-state index contributed by atoms with van der Waals surface area (Å²) in [6, 6.07) is 13.3. The van der Waals surface area contributed by atoms with Gasteiger partial charge in [0.1, 0.15) is 0 Å². The minimum absolute atomic E-state index is 0.0890. The maximum Gasteiger partial charge on any atom is 0.253 e. The van der Waals surface area contributed by atoms with Crippen LogP contribution in [-0.2, 0) is 4.79 Å². The second kappa shape index (κ2) is 8.91. The van der Waals surface area contributed by atoms with Gasteiger partial charge in [-0.1, -0.05) is 19.1 Å². The molecule has 0 saturated carbocycles. The van der Waals surface area contributed by atoms with Gasteiger partial charge >= 0.3 is 0 Å². The Balaban J connectivity index is 1.52. The minimum Gasteiger partial charge on any atom is -0.376 e. The van der Waals surface area contributed by atoms with E-state index in [2.05, 4.69) is 17.6 Å². The number of aryl methyl sites for hydroxylation is 2. The van der Waals surface area contributed by atoms with Gasteiger partial charge in [0, 0.05) is 30.0 Å². The van der Waals surface area contributed by atoms with Crippen molar-refractivity contribution in [2.24, 2.45) is 5.92 Å². The van der Waals surface area contributed by atoms with E-state index in [4.69, 9.17) is 0 Å². The van der Waals surface area contributed by atoms with E-state index in [-0.39, 0.29) is 18.4 Å². The molecule has 1 aliphatic heterocycles. The molecule has 0 atom stereocenters. The van der Waals surface area contributed by atoms with E-state index in [1.54, 1.807) is 0 Å². The molecule has 2 aromatic rings. The zero-order valence-corrected chi connectivity index (χ0v) is 16.9. The molecule has 0 spiro atoms. The van der Waals surface area contributed by atoms with Crippen LogP contribution in [0.15, 0.2) is 42.5 Å². The molecule has 2 amide bonds. The van der Waals surface area contributed by atoms with Gasteiger partial charge in [-0.05, 0) is 74.1 Å². The van der Waals surface area contributed by atoms with Crippen molar-refractivity contribution in [3.63, 3.8) is 0 Å². The van der Waals surface area contributed by atoms with Crippen LogP contribution in [0, 0.1) is 19.8 Å². The third-order valence-electron chi connectivity index (χ3n) is 5.32. The second-order valence-corrected chi connectivity index (χ2v) is 7.77. The first kappa shape index (κ1) is 19.9. The highest BCUT2D eigenvalue weighted by atomic mass is 16.2. The summed E-state index contributed by atoms with van der Waals surface area (Å²) in [5.74, 6) is 0.688. The average molecular weight is 380 g/mol. The molecule has 148 valence electrons. The third-order valence-corrected chi connectivity index (χ3v) is 5.32. The highest BCUT2D eigenvalue weighted by molar-refractivity contribution is 5.95. The molecule has 2 N–H and O–H groups in total. The predicted octanol–water partition coefficient (Wildman–Crippen LogP) is 4.23. The number of carbonyl (C=O) groups excluding carboxylic acids is 2. The van der Waals surface area contributed by atoms with Crippen LogP contribution in [0.5, 0.6) is 0 Å². The summed E-state index contributed by atoms with van der Waals surface area (Å²) in [6.45, 7) is 8.04. The Hall–Kier alpha value is -2.82. The number of hydrogen-bond donors (Lipinski definition) is 2. The summed E-state index contributed by atoms with van der Waals surface area (Å²) >= 11 is 0. The Labute approximate surface area is 167 Å². The predicted molar refractivity (Wildman–Crippen MR) is 114 cm³/mol. The van der Waals surface area contributed by atoms with Gasteiger partial charge in [0.05, 0.1) is 6.54 Å². The summed E-state index contributed by atoms with van der Waals surface area (Å²) in [5, 5.41) is 6.05. The van der Waals surface area contributed by atoms with Crippen LogP contribution in [-0.4, -0.2) is 36.3 Å². The van der Waals surface area contributed by atoms with E-state index in [1.165, 1.54) is 0 Å². The van der Waals surface area contributed by atoms with Crippen molar-refractivity contribution >= 4 is 23.2 Å². The largest absolute Gasteiger partial charge is 0.376 e. The first-order valence-corrected chi connectivity index (χ1v) is 9.92. The lowest BCUT2D eigenvalue weighted by molar-refractivity contribution is -0.114. The van der Waals surface area contributed by atoms with Gasteiger partial charge in [-0.25, -0.2) is 0 Å². The van der Waals surface area contributed by atoms with Gasteiger partial charge < -0.3 is 15.5 Å². The third kappa shape index (κ3) is 5.12. The number of benzene rings is 2. The average Bonchev–Trinajstić information content (AvgIpc) is 2.70. The number of nitrogens with zero attached hydrogens (tertiary/aromatic N) is 1. The first-order valence-electron chi connectivity index (χ1n) is 9.92. The fourth-order valence-electron chi connectivity index (χ4n) is 3.37. The van der Waals surface area contributed by atoms with Crippen molar-refractivity contribution in [2.45, 2.75) is 33.6 Å². The Kier molecular flexibility index (Phi) is 6.34. The summed E-state index contributed by atoms with van der Waals surface area (Å²) in [6.07, 6.45) is 2.14. The zero-order chi connectivity index (χ0) is 20.1. The summed E-state index contributed by atoms with van der Waals surface area (Å²) in [7, 11) is 0. The SMILES string of the molecule is Cc1ccc(C)c(NC(=O)CNc2ccc(C(=O)N3CCC(C)CC3)cc2)c1. The Morgan fingerprint density at radius 1 is 1.04 bits per heavy atom. The normalized spacial score (nSPS) is 14.6. The van der Waals surface area contributed by atoms with Crippen molar-refractivity contribution in [1.29, 1.82) is 0 Å². The molecule has 0 unspecified atom stereocenters. The molecule has 28 heavy (non-hydrogen) atoms. The topological polar surface area (TPSA) is 61.4 Å². The fraction of sp³-hybridized carbons (Fsp3) is 0.391. The van der Waals surface area contributed by atoms with Crippen LogP contribution >= 0.6 is 0 Å². The molecule has 0 aromatic heterocycles. The van der Waals surface area contributed by atoms with Crippen LogP contribution in [0.3, 0.4) is 0 Å². The fourth-order valence-corrected chi connectivity index (χ4v) is 3.37. The van der Waals surface area contributed by atoms with Crippen molar-refractivity contribution in [2.75, 3.05) is 30.3 Å². The number of hydrogen-bond acceptors (Lipinski definition) is 3. The van der Waals surface area contributed by atoms with E-state index in [1.807, 2.05) is 61.2 Å². The van der Waals surface area contributed by atoms with Crippen molar-refractivity contribution in [3.05, 3.63) is 59.2 Å². The summed E-state index contributed by atoms with van der Waals surface area (Å²) in [4.78, 5) is 26.7. The van der Waals surface area contributed by atoms with Gasteiger partial charge in [0.15, 0.2) is 0 Å². The molecule has 0 aliphatic carbocycles. The number of amides is 2. The number of anilines is 2. The van der Waals surface area contributed by atoms with Gasteiger partial charge in [-0.3, -0.25) is 9.59 Å². The van der Waals surface area contributed by atoms with E-state index >= 15 is 0 Å². The molecule has 2 aromatic carbocycles. The molecule has 1 fully saturated rings. The van der Waals surface area contributed by atoms with Gasteiger partial charge in [0.2, 0.25) is 5.91 Å². The molecule has 5 heteroatoms. The molecule has 0 bridgehead atoms. The van der Waals surface area contributed by atoms with E-state index in [9.17, 15) is 9.59 Å². The standard InChI is InChI=1S/C23H29N3O2/c1-16-10-12-26(13-11-16)23(28)19-6-8-20(9-7-19)24-15-22(27)25-21-14-17(2)4-5-18(21)3/h4-9,14,16,24H,10-13,15H2,1-3H3,(H,25,27).